The lowest BCUT2D eigenvalue weighted by Crippen LogP contribution is -2.41. The number of hydrogen-bond donors (Lipinski definition) is 1. The Labute approximate surface area is 333 Å². The zero-order valence-corrected chi connectivity index (χ0v) is 32.5. The fraction of sp³-hybridized carbons (Fsp3) is 0.341. The van der Waals surface area contributed by atoms with Crippen LogP contribution in [0.5, 0.6) is 5.75 Å². The van der Waals surface area contributed by atoms with Crippen LogP contribution in [0.1, 0.15) is 58.3 Å². The van der Waals surface area contributed by atoms with E-state index in [1.165, 1.54) is 30.0 Å². The summed E-state index contributed by atoms with van der Waals surface area (Å²) >= 11 is 6.85. The Morgan fingerprint density at radius 1 is 0.930 bits per heavy atom. The van der Waals surface area contributed by atoms with Crippen LogP contribution in [0.3, 0.4) is 0 Å². The van der Waals surface area contributed by atoms with Crippen molar-refractivity contribution in [3.05, 3.63) is 122 Å². The molecule has 5 aromatic rings. The number of aromatic nitrogens is 2. The lowest BCUT2D eigenvalue weighted by atomic mass is 9.85. The maximum Gasteiger partial charge on any atom is 0.259 e. The third-order valence-electron chi connectivity index (χ3n) is 11.8. The summed E-state index contributed by atoms with van der Waals surface area (Å²) < 4.78 is 38.0. The van der Waals surface area contributed by atoms with Gasteiger partial charge >= 0.3 is 0 Å². The van der Waals surface area contributed by atoms with Crippen molar-refractivity contribution in [1.82, 2.24) is 19.8 Å². The molecular formula is C44H42ClF2N5O5. The van der Waals surface area contributed by atoms with Gasteiger partial charge in [-0.1, -0.05) is 23.7 Å². The Balaban J connectivity index is 0.940. The number of nitrogens with zero attached hydrogens (tertiary/aromatic N) is 4. The van der Waals surface area contributed by atoms with Crippen LogP contribution in [-0.4, -0.2) is 58.9 Å². The summed E-state index contributed by atoms with van der Waals surface area (Å²) in [6.07, 6.45) is 8.93. The highest BCUT2D eigenvalue weighted by Gasteiger charge is 2.31. The van der Waals surface area contributed by atoms with E-state index >= 15 is 8.78 Å². The van der Waals surface area contributed by atoms with Gasteiger partial charge in [0.05, 0.1) is 23.2 Å². The maximum atomic E-state index is 15.5. The number of amides is 3. The molecule has 3 aliphatic heterocycles. The summed E-state index contributed by atoms with van der Waals surface area (Å²) in [5, 5.41) is 3.69. The Kier molecular flexibility index (Phi) is 10.6. The van der Waals surface area contributed by atoms with Gasteiger partial charge in [-0.3, -0.25) is 29.5 Å². The number of nitrogens with one attached hydrogen (secondary N) is 1. The van der Waals surface area contributed by atoms with Crippen molar-refractivity contribution in [3.63, 3.8) is 0 Å². The van der Waals surface area contributed by atoms with E-state index in [0.29, 0.717) is 78.8 Å². The first-order chi connectivity index (χ1) is 27.5. The molecule has 1 N–H and O–H groups in total. The number of carbonyl (C=O) groups excluding carboxylic acids is 3. The highest BCUT2D eigenvalue weighted by atomic mass is 35.5. The zero-order chi connectivity index (χ0) is 40.0. The summed E-state index contributed by atoms with van der Waals surface area (Å²) in [6.45, 7) is 1.82. The number of piperidine rings is 2. The predicted molar refractivity (Wildman–Crippen MR) is 213 cm³/mol. The lowest BCUT2D eigenvalue weighted by molar-refractivity contribution is -0.136. The average Bonchev–Trinajstić information content (AvgIpc) is 3.21. The molecule has 3 amide bonds. The number of hydrogen-bond acceptors (Lipinski definition) is 7. The van der Waals surface area contributed by atoms with Gasteiger partial charge in [0.1, 0.15) is 22.9 Å². The summed E-state index contributed by atoms with van der Waals surface area (Å²) in [5.41, 5.74) is 5.16. The zero-order valence-electron chi connectivity index (χ0n) is 31.7. The first kappa shape index (κ1) is 38.3. The van der Waals surface area contributed by atoms with Crippen LogP contribution >= 0.6 is 11.6 Å². The van der Waals surface area contributed by atoms with E-state index in [1.54, 1.807) is 48.6 Å². The largest absolute Gasteiger partial charge is 0.496 e. The van der Waals surface area contributed by atoms with E-state index < -0.39 is 0 Å². The van der Waals surface area contributed by atoms with Gasteiger partial charge in [0, 0.05) is 75.3 Å². The van der Waals surface area contributed by atoms with Gasteiger partial charge in [0.15, 0.2) is 0 Å². The number of aryl methyl sites for hydroxylation is 1. The van der Waals surface area contributed by atoms with Crippen LogP contribution in [0.25, 0.3) is 21.9 Å². The minimum absolute atomic E-state index is 0.0881. The second-order valence-electron chi connectivity index (χ2n) is 15.3. The SMILES string of the molecule is COc1cc(-c2cn(C)c(=O)c3cnccc23)cc(Cl)c1C(=O)N1CCc2c(CC3CCN(c4ccc(CC5CCC(=O)NC5=O)cc4F)CC3)ccc(F)c2C1. The first-order valence-corrected chi connectivity index (χ1v) is 19.6. The average molecular weight is 794 g/mol. The van der Waals surface area contributed by atoms with Crippen molar-refractivity contribution in [2.75, 3.05) is 31.6 Å². The smallest absolute Gasteiger partial charge is 0.259 e. The molecule has 2 aromatic heterocycles. The molecule has 10 nitrogen and oxygen atoms in total. The van der Waals surface area contributed by atoms with Crippen LogP contribution in [-0.2, 0) is 42.4 Å². The summed E-state index contributed by atoms with van der Waals surface area (Å²) in [6, 6.07) is 13.7. The molecule has 0 saturated carbocycles. The van der Waals surface area contributed by atoms with Crippen LogP contribution in [0.2, 0.25) is 5.02 Å². The van der Waals surface area contributed by atoms with Crippen LogP contribution in [0, 0.1) is 23.5 Å². The summed E-state index contributed by atoms with van der Waals surface area (Å²) in [4.78, 5) is 58.3. The summed E-state index contributed by atoms with van der Waals surface area (Å²) in [7, 11) is 3.13. The predicted octanol–water partition coefficient (Wildman–Crippen LogP) is 6.79. The molecule has 8 rings (SSSR count). The van der Waals surface area contributed by atoms with Gasteiger partial charge < -0.3 is 19.1 Å². The fourth-order valence-electron chi connectivity index (χ4n) is 8.72. The van der Waals surface area contributed by atoms with E-state index in [9.17, 15) is 19.2 Å². The minimum atomic E-state index is -0.364. The molecule has 3 aromatic carbocycles. The number of ether oxygens (including phenoxy) is 1. The first-order valence-electron chi connectivity index (χ1n) is 19.3. The topological polar surface area (TPSA) is 114 Å². The number of rotatable bonds is 8. The lowest BCUT2D eigenvalue weighted by Gasteiger charge is -2.35. The molecule has 0 spiro atoms. The van der Waals surface area contributed by atoms with Gasteiger partial charge in [-0.15, -0.1) is 0 Å². The molecule has 0 aliphatic carbocycles. The standard InChI is InChI=1S/C44H42ClF2N5O5/c1-50-23-33(31-9-13-48-22-32(31)43(50)55)29-20-35(45)41(39(21-29)57-2)44(56)52-16-12-30-27(4-6-36(46)34(30)24-52)17-25-10-14-51(15-11-25)38-7-3-26(19-37(38)47)18-28-5-8-40(53)49-42(28)54/h3-4,6-7,9,13,19-23,25,28H,5,8,10-12,14-18,24H2,1-2H3,(H,49,53,54). The number of anilines is 1. The van der Waals surface area contributed by atoms with Gasteiger partial charge in [-0.25, -0.2) is 8.78 Å². The number of carbonyl (C=O) groups is 3. The summed E-state index contributed by atoms with van der Waals surface area (Å²) in [5.74, 6) is -1.36. The Hall–Kier alpha value is -5.62. The Bertz CT molecular complexity index is 2500. The molecule has 5 heterocycles. The number of pyridine rings is 2. The highest BCUT2D eigenvalue weighted by molar-refractivity contribution is 6.34. The van der Waals surface area contributed by atoms with Crippen LogP contribution < -0.4 is 20.5 Å². The van der Waals surface area contributed by atoms with E-state index in [0.717, 1.165) is 41.5 Å². The van der Waals surface area contributed by atoms with Gasteiger partial charge in [-0.2, -0.15) is 0 Å². The number of halogens is 3. The van der Waals surface area contributed by atoms with Crippen molar-refractivity contribution in [2.24, 2.45) is 18.9 Å². The molecule has 57 heavy (non-hydrogen) atoms. The van der Waals surface area contributed by atoms with Gasteiger partial charge in [-0.05, 0) is 108 Å². The van der Waals surface area contributed by atoms with Crippen molar-refractivity contribution in [1.29, 1.82) is 0 Å². The molecule has 13 heteroatoms. The molecule has 3 aliphatic rings. The number of fused-ring (bicyclic) bond motifs is 2. The molecular weight excluding hydrogens is 752 g/mol. The second-order valence-corrected chi connectivity index (χ2v) is 15.7. The van der Waals surface area contributed by atoms with Gasteiger partial charge in [0.25, 0.3) is 11.5 Å². The third kappa shape index (κ3) is 7.50. The number of benzene rings is 3. The van der Waals surface area contributed by atoms with Crippen molar-refractivity contribution in [2.45, 2.75) is 51.5 Å². The molecule has 1 atom stereocenters. The van der Waals surface area contributed by atoms with E-state index in [4.69, 9.17) is 16.3 Å². The molecule has 1 unspecified atom stereocenters. The van der Waals surface area contributed by atoms with Crippen molar-refractivity contribution in [3.8, 4) is 16.9 Å². The minimum Gasteiger partial charge on any atom is -0.496 e. The van der Waals surface area contributed by atoms with E-state index in [-0.39, 0.29) is 63.7 Å². The quantitative estimate of drug-likeness (QED) is 0.172. The number of imide groups is 1. The van der Waals surface area contributed by atoms with Gasteiger partial charge in [0.2, 0.25) is 11.8 Å². The fourth-order valence-corrected chi connectivity index (χ4v) is 9.01. The Morgan fingerprint density at radius 2 is 1.74 bits per heavy atom. The normalized spacial score (nSPS) is 17.5. The van der Waals surface area contributed by atoms with E-state index in [1.807, 2.05) is 12.1 Å². The molecule has 2 saturated heterocycles. The molecule has 2 fully saturated rings. The Morgan fingerprint density at radius 3 is 2.49 bits per heavy atom. The second kappa shape index (κ2) is 15.7. The van der Waals surface area contributed by atoms with Crippen molar-refractivity contribution < 1.29 is 27.9 Å². The monoisotopic (exact) mass is 793 g/mol. The van der Waals surface area contributed by atoms with Crippen molar-refractivity contribution >= 4 is 45.8 Å². The molecule has 294 valence electrons. The highest BCUT2D eigenvalue weighted by Crippen LogP contribution is 2.38. The van der Waals surface area contributed by atoms with Crippen LogP contribution in [0.4, 0.5) is 14.5 Å². The van der Waals surface area contributed by atoms with Crippen LogP contribution in [0.15, 0.2) is 71.9 Å². The van der Waals surface area contributed by atoms with E-state index in [2.05, 4.69) is 15.2 Å². The molecule has 0 bridgehead atoms. The number of methoxy groups -OCH3 is 1. The molecule has 0 radical (unpaired) electrons. The maximum absolute atomic E-state index is 15.5. The third-order valence-corrected chi connectivity index (χ3v) is 12.1.